The fraction of sp³-hybridized carbons (Fsp3) is 0. The number of nitrogens with zero attached hydrogens (tertiary/aromatic N) is 2. The number of halogens is 2. The average Bonchev–Trinajstić information content (AvgIpc) is 2.56. The first kappa shape index (κ1) is 10.5. The minimum absolute atomic E-state index is 0.597. The number of hydrogen-bond donors (Lipinski definition) is 0. The van der Waals surface area contributed by atoms with Crippen LogP contribution in [0.15, 0.2) is 45.5 Å². The van der Waals surface area contributed by atoms with Gasteiger partial charge >= 0.3 is 0 Å². The number of hydrogen-bond acceptors (Lipinski definition) is 1. The van der Waals surface area contributed by atoms with Crippen LogP contribution in [0.25, 0.3) is 5.69 Å². The van der Waals surface area contributed by atoms with Crippen molar-refractivity contribution in [3.8, 4) is 11.8 Å². The second-order valence-corrected chi connectivity index (χ2v) is 4.56. The molecule has 0 amide bonds. The molecule has 1 heterocycles. The Hall–Kier alpha value is -1.05. The molecule has 0 saturated carbocycles. The van der Waals surface area contributed by atoms with E-state index in [-0.39, 0.29) is 0 Å². The quantitative estimate of drug-likeness (QED) is 0.782. The van der Waals surface area contributed by atoms with Crippen molar-refractivity contribution >= 4 is 31.9 Å². The standard InChI is InChI=1S/C11H6Br2N2/c12-10-6-9(7-14)15(11(10)13)8-4-2-1-3-5-8/h1-6H. The Labute approximate surface area is 104 Å². The van der Waals surface area contributed by atoms with E-state index in [0.29, 0.717) is 5.69 Å². The predicted octanol–water partition coefficient (Wildman–Crippen LogP) is 3.87. The largest absolute Gasteiger partial charge is 0.294 e. The lowest BCUT2D eigenvalue weighted by Crippen LogP contribution is -1.96. The van der Waals surface area contributed by atoms with Crippen LogP contribution in [0.1, 0.15) is 5.69 Å². The highest BCUT2D eigenvalue weighted by Crippen LogP contribution is 2.29. The molecular weight excluding hydrogens is 320 g/mol. The first-order valence-corrected chi connectivity index (χ1v) is 5.85. The Kier molecular flexibility index (Phi) is 2.94. The minimum Gasteiger partial charge on any atom is -0.294 e. The molecule has 2 rings (SSSR count). The molecule has 2 nitrogen and oxygen atoms in total. The summed E-state index contributed by atoms with van der Waals surface area (Å²) in [6.07, 6.45) is 0. The zero-order valence-corrected chi connectivity index (χ0v) is 10.8. The minimum atomic E-state index is 0.597. The van der Waals surface area contributed by atoms with Crippen LogP contribution in [0.2, 0.25) is 0 Å². The van der Waals surface area contributed by atoms with Gasteiger partial charge in [-0.3, -0.25) is 4.57 Å². The molecule has 1 aromatic heterocycles. The van der Waals surface area contributed by atoms with E-state index in [2.05, 4.69) is 37.9 Å². The maximum atomic E-state index is 9.01. The van der Waals surface area contributed by atoms with Gasteiger partial charge in [0.05, 0.1) is 4.47 Å². The summed E-state index contributed by atoms with van der Waals surface area (Å²) in [4.78, 5) is 0. The Bertz CT molecular complexity index is 524. The molecule has 0 aliphatic heterocycles. The first-order valence-electron chi connectivity index (χ1n) is 4.26. The van der Waals surface area contributed by atoms with E-state index in [4.69, 9.17) is 5.26 Å². The molecule has 2 aromatic rings. The summed E-state index contributed by atoms with van der Waals surface area (Å²) < 4.78 is 3.58. The zero-order chi connectivity index (χ0) is 10.8. The number of aromatic nitrogens is 1. The molecule has 0 unspecified atom stereocenters. The molecule has 0 saturated heterocycles. The van der Waals surface area contributed by atoms with Crippen molar-refractivity contribution in [3.05, 3.63) is 51.2 Å². The van der Waals surface area contributed by atoms with Crippen LogP contribution in [-0.4, -0.2) is 4.57 Å². The van der Waals surface area contributed by atoms with Crippen LogP contribution < -0.4 is 0 Å². The lowest BCUT2D eigenvalue weighted by Gasteiger charge is -2.05. The van der Waals surface area contributed by atoms with Gasteiger partial charge in [-0.2, -0.15) is 5.26 Å². The van der Waals surface area contributed by atoms with E-state index < -0.39 is 0 Å². The van der Waals surface area contributed by atoms with Gasteiger partial charge in [0.25, 0.3) is 0 Å². The lowest BCUT2D eigenvalue weighted by atomic mass is 10.3. The molecular formula is C11H6Br2N2. The number of benzene rings is 1. The third-order valence-electron chi connectivity index (χ3n) is 2.03. The molecule has 74 valence electrons. The smallest absolute Gasteiger partial charge is 0.126 e. The summed E-state index contributed by atoms with van der Waals surface area (Å²) in [5, 5.41) is 9.01. The fourth-order valence-electron chi connectivity index (χ4n) is 1.37. The van der Waals surface area contributed by atoms with Crippen molar-refractivity contribution in [3.63, 3.8) is 0 Å². The van der Waals surface area contributed by atoms with E-state index in [0.717, 1.165) is 14.8 Å². The van der Waals surface area contributed by atoms with Crippen molar-refractivity contribution in [2.24, 2.45) is 0 Å². The Balaban J connectivity index is 2.68. The predicted molar refractivity (Wildman–Crippen MR) is 65.9 cm³/mol. The zero-order valence-electron chi connectivity index (χ0n) is 7.61. The molecule has 0 bridgehead atoms. The topological polar surface area (TPSA) is 28.7 Å². The van der Waals surface area contributed by atoms with Crippen LogP contribution in [0, 0.1) is 11.3 Å². The van der Waals surface area contributed by atoms with Gasteiger partial charge in [0.2, 0.25) is 0 Å². The van der Waals surface area contributed by atoms with Gasteiger partial charge in [0.1, 0.15) is 16.4 Å². The van der Waals surface area contributed by atoms with Gasteiger partial charge in [-0.25, -0.2) is 0 Å². The highest BCUT2D eigenvalue weighted by Gasteiger charge is 2.11. The van der Waals surface area contributed by atoms with Crippen molar-refractivity contribution in [2.45, 2.75) is 0 Å². The summed E-state index contributed by atoms with van der Waals surface area (Å²) in [6, 6.07) is 13.7. The SMILES string of the molecule is N#Cc1cc(Br)c(Br)n1-c1ccccc1. The molecule has 0 aliphatic carbocycles. The van der Waals surface area contributed by atoms with Crippen molar-refractivity contribution in [2.75, 3.05) is 0 Å². The van der Waals surface area contributed by atoms with Gasteiger partial charge in [-0.05, 0) is 50.1 Å². The summed E-state index contributed by atoms with van der Waals surface area (Å²) in [7, 11) is 0. The van der Waals surface area contributed by atoms with Gasteiger partial charge in [-0.15, -0.1) is 0 Å². The van der Waals surface area contributed by atoms with Crippen molar-refractivity contribution in [1.29, 1.82) is 5.26 Å². The number of para-hydroxylation sites is 1. The molecule has 4 heteroatoms. The highest BCUT2D eigenvalue weighted by molar-refractivity contribution is 9.13. The molecule has 0 N–H and O–H groups in total. The molecule has 0 fully saturated rings. The Morgan fingerprint density at radius 1 is 1.13 bits per heavy atom. The van der Waals surface area contributed by atoms with Gasteiger partial charge in [-0.1, -0.05) is 18.2 Å². The van der Waals surface area contributed by atoms with E-state index >= 15 is 0 Å². The Morgan fingerprint density at radius 2 is 1.80 bits per heavy atom. The third kappa shape index (κ3) is 1.85. The number of nitriles is 1. The van der Waals surface area contributed by atoms with Gasteiger partial charge < -0.3 is 0 Å². The van der Waals surface area contributed by atoms with E-state index in [9.17, 15) is 0 Å². The lowest BCUT2D eigenvalue weighted by molar-refractivity contribution is 1.02. The highest BCUT2D eigenvalue weighted by atomic mass is 79.9. The average molecular weight is 326 g/mol. The van der Waals surface area contributed by atoms with Crippen LogP contribution in [0.5, 0.6) is 0 Å². The summed E-state index contributed by atoms with van der Waals surface area (Å²) >= 11 is 6.83. The second-order valence-electron chi connectivity index (χ2n) is 2.95. The van der Waals surface area contributed by atoms with Crippen LogP contribution >= 0.6 is 31.9 Å². The maximum Gasteiger partial charge on any atom is 0.126 e. The van der Waals surface area contributed by atoms with Crippen LogP contribution in [-0.2, 0) is 0 Å². The molecule has 0 radical (unpaired) electrons. The number of rotatable bonds is 1. The summed E-state index contributed by atoms with van der Waals surface area (Å²) in [5.41, 5.74) is 1.56. The van der Waals surface area contributed by atoms with Crippen molar-refractivity contribution < 1.29 is 0 Å². The van der Waals surface area contributed by atoms with Crippen molar-refractivity contribution in [1.82, 2.24) is 4.57 Å². The van der Waals surface area contributed by atoms with E-state index in [1.54, 1.807) is 6.07 Å². The molecule has 0 aliphatic rings. The van der Waals surface area contributed by atoms with E-state index in [1.807, 2.05) is 34.9 Å². The molecule has 0 atom stereocenters. The maximum absolute atomic E-state index is 9.01. The normalized spacial score (nSPS) is 9.93. The summed E-state index contributed by atoms with van der Waals surface area (Å²) in [6.45, 7) is 0. The molecule has 0 spiro atoms. The third-order valence-corrected chi connectivity index (χ3v) is 3.95. The fourth-order valence-corrected chi connectivity index (χ4v) is 2.27. The summed E-state index contributed by atoms with van der Waals surface area (Å²) in [5.74, 6) is 0. The monoisotopic (exact) mass is 324 g/mol. The van der Waals surface area contributed by atoms with Gasteiger partial charge in [0.15, 0.2) is 0 Å². The molecule has 15 heavy (non-hydrogen) atoms. The van der Waals surface area contributed by atoms with Crippen LogP contribution in [0.3, 0.4) is 0 Å². The van der Waals surface area contributed by atoms with Crippen LogP contribution in [0.4, 0.5) is 0 Å². The second kappa shape index (κ2) is 4.21. The first-order chi connectivity index (χ1) is 7.24. The Morgan fingerprint density at radius 3 is 2.40 bits per heavy atom. The van der Waals surface area contributed by atoms with Gasteiger partial charge in [0, 0.05) is 5.69 Å². The molecule has 1 aromatic carbocycles. The van der Waals surface area contributed by atoms with E-state index in [1.165, 1.54) is 0 Å².